The van der Waals surface area contributed by atoms with Gasteiger partial charge < -0.3 is 14.8 Å². The van der Waals surface area contributed by atoms with Crippen molar-refractivity contribution >= 4 is 49.1 Å². The lowest BCUT2D eigenvalue weighted by molar-refractivity contribution is -0.147. The van der Waals surface area contributed by atoms with Gasteiger partial charge in [-0.15, -0.1) is 11.3 Å². The molecule has 0 atom stereocenters. The molecule has 0 spiro atoms. The fourth-order valence-corrected chi connectivity index (χ4v) is 4.69. The minimum Gasteiger partial charge on any atom is -0.495 e. The average molecular weight is 478 g/mol. The number of esters is 1. The van der Waals surface area contributed by atoms with Crippen LogP contribution in [0.2, 0.25) is 0 Å². The van der Waals surface area contributed by atoms with Crippen molar-refractivity contribution in [3.8, 4) is 5.75 Å². The van der Waals surface area contributed by atoms with E-state index in [-0.39, 0.29) is 22.8 Å². The van der Waals surface area contributed by atoms with E-state index in [1.165, 1.54) is 50.7 Å². The van der Waals surface area contributed by atoms with Crippen molar-refractivity contribution in [3.05, 3.63) is 47.5 Å². The normalized spacial score (nSPS) is 11.5. The molecule has 0 radical (unpaired) electrons. The molecule has 0 fully saturated rings. The number of aryl methyl sites for hydroxylation is 1. The summed E-state index contributed by atoms with van der Waals surface area (Å²) in [4.78, 5) is 28.7. The Morgan fingerprint density at radius 3 is 2.59 bits per heavy atom. The topological polar surface area (TPSA) is 115 Å². The molecule has 32 heavy (non-hydrogen) atoms. The van der Waals surface area contributed by atoms with Gasteiger partial charge >= 0.3 is 5.97 Å². The fourth-order valence-electron chi connectivity index (χ4n) is 2.80. The average Bonchev–Trinajstić information content (AvgIpc) is 3.19. The summed E-state index contributed by atoms with van der Waals surface area (Å²) in [6.07, 6.45) is 0.505. The zero-order chi connectivity index (χ0) is 23.3. The van der Waals surface area contributed by atoms with E-state index < -0.39 is 28.5 Å². The maximum atomic E-state index is 12.3. The van der Waals surface area contributed by atoms with Gasteiger partial charge in [0.05, 0.1) is 39.3 Å². The molecule has 0 saturated heterocycles. The van der Waals surface area contributed by atoms with Crippen LogP contribution in [0.4, 0.5) is 5.69 Å². The number of sulfonamides is 1. The lowest BCUT2D eigenvalue weighted by Gasteiger charge is -2.15. The number of amides is 1. The van der Waals surface area contributed by atoms with Gasteiger partial charge in [0.25, 0.3) is 5.91 Å². The summed E-state index contributed by atoms with van der Waals surface area (Å²) < 4.78 is 37.0. The van der Waals surface area contributed by atoms with Crippen molar-refractivity contribution in [1.82, 2.24) is 9.29 Å². The summed E-state index contributed by atoms with van der Waals surface area (Å²) in [5.74, 6) is -0.871. The SMILES string of the molecule is COc1ccc(S(=O)(=O)N(C)C)cc1NC(=O)COC(=O)CCc1nc2ccccc2s1. The van der Waals surface area contributed by atoms with Crippen LogP contribution in [-0.4, -0.2) is 57.4 Å². The Kier molecular flexibility index (Phi) is 7.44. The van der Waals surface area contributed by atoms with Crippen LogP contribution in [-0.2, 0) is 30.8 Å². The third-order valence-corrected chi connectivity index (χ3v) is 7.38. The van der Waals surface area contributed by atoms with Gasteiger partial charge in [0.15, 0.2) is 6.61 Å². The Morgan fingerprint density at radius 1 is 1.16 bits per heavy atom. The predicted octanol–water partition coefficient (Wildman–Crippen LogP) is 2.67. The van der Waals surface area contributed by atoms with Crippen LogP contribution in [0.5, 0.6) is 5.75 Å². The Bertz CT molecular complexity index is 1200. The second-order valence-corrected chi connectivity index (χ2v) is 10.2. The number of ether oxygens (including phenoxy) is 2. The molecule has 0 aliphatic rings. The Balaban J connectivity index is 1.56. The first-order valence-corrected chi connectivity index (χ1v) is 11.9. The first kappa shape index (κ1) is 23.6. The molecule has 1 amide bonds. The minimum absolute atomic E-state index is 0.00794. The van der Waals surface area contributed by atoms with Crippen molar-refractivity contribution in [2.75, 3.05) is 33.1 Å². The van der Waals surface area contributed by atoms with Crippen LogP contribution in [0.25, 0.3) is 10.2 Å². The second kappa shape index (κ2) is 10.1. The molecule has 1 heterocycles. The van der Waals surface area contributed by atoms with E-state index >= 15 is 0 Å². The molecule has 0 aliphatic heterocycles. The molecule has 1 N–H and O–H groups in total. The molecular formula is C21H23N3O6S2. The van der Waals surface area contributed by atoms with Crippen molar-refractivity contribution in [2.24, 2.45) is 0 Å². The van der Waals surface area contributed by atoms with E-state index in [1.807, 2.05) is 24.3 Å². The number of hydrogen-bond donors (Lipinski definition) is 1. The van der Waals surface area contributed by atoms with Crippen LogP contribution in [0.1, 0.15) is 11.4 Å². The number of benzene rings is 2. The van der Waals surface area contributed by atoms with Gasteiger partial charge in [-0.2, -0.15) is 0 Å². The van der Waals surface area contributed by atoms with Crippen molar-refractivity contribution in [2.45, 2.75) is 17.7 Å². The number of hydrogen-bond acceptors (Lipinski definition) is 8. The standard InChI is InChI=1S/C21H23N3O6S2/c1-24(2)32(27,28)14-8-9-17(29-3)16(12-14)22-19(25)13-30-21(26)11-10-20-23-15-6-4-5-7-18(15)31-20/h4-9,12H,10-11,13H2,1-3H3,(H,22,25). The largest absolute Gasteiger partial charge is 0.495 e. The smallest absolute Gasteiger partial charge is 0.306 e. The molecule has 0 saturated carbocycles. The highest BCUT2D eigenvalue weighted by Gasteiger charge is 2.20. The Morgan fingerprint density at radius 2 is 1.91 bits per heavy atom. The number of para-hydroxylation sites is 1. The summed E-state index contributed by atoms with van der Waals surface area (Å²) in [5, 5.41) is 3.34. The van der Waals surface area contributed by atoms with Gasteiger partial charge in [-0.1, -0.05) is 12.1 Å². The number of thiazole rings is 1. The maximum Gasteiger partial charge on any atom is 0.306 e. The number of aromatic nitrogens is 1. The Hall–Kier alpha value is -3.02. The summed E-state index contributed by atoms with van der Waals surface area (Å²) >= 11 is 1.51. The van der Waals surface area contributed by atoms with Crippen molar-refractivity contribution < 1.29 is 27.5 Å². The van der Waals surface area contributed by atoms with Crippen molar-refractivity contribution in [3.63, 3.8) is 0 Å². The third-order valence-electron chi connectivity index (χ3n) is 4.47. The van der Waals surface area contributed by atoms with Crippen LogP contribution in [0.15, 0.2) is 47.4 Å². The third kappa shape index (κ3) is 5.61. The maximum absolute atomic E-state index is 12.3. The molecule has 0 unspecified atom stereocenters. The van der Waals surface area contributed by atoms with E-state index in [2.05, 4.69) is 10.3 Å². The molecule has 1 aromatic heterocycles. The highest BCUT2D eigenvalue weighted by atomic mass is 32.2. The number of nitrogens with zero attached hydrogens (tertiary/aromatic N) is 2. The lowest BCUT2D eigenvalue weighted by atomic mass is 10.3. The first-order valence-electron chi connectivity index (χ1n) is 9.61. The summed E-state index contributed by atoms with van der Waals surface area (Å²) in [6, 6.07) is 11.8. The summed E-state index contributed by atoms with van der Waals surface area (Å²) in [6.45, 7) is -0.507. The quantitative estimate of drug-likeness (QED) is 0.471. The van der Waals surface area contributed by atoms with Crippen LogP contribution in [0, 0.1) is 0 Å². The zero-order valence-corrected chi connectivity index (χ0v) is 19.5. The monoisotopic (exact) mass is 477 g/mol. The highest BCUT2D eigenvalue weighted by Crippen LogP contribution is 2.28. The van der Waals surface area contributed by atoms with Gasteiger partial charge in [-0.05, 0) is 30.3 Å². The van der Waals surface area contributed by atoms with E-state index in [4.69, 9.17) is 9.47 Å². The summed E-state index contributed by atoms with van der Waals surface area (Å²) in [7, 11) is 0.519. The lowest BCUT2D eigenvalue weighted by Crippen LogP contribution is -2.23. The predicted molar refractivity (Wildman–Crippen MR) is 121 cm³/mol. The highest BCUT2D eigenvalue weighted by molar-refractivity contribution is 7.89. The first-order chi connectivity index (χ1) is 15.2. The molecule has 9 nitrogen and oxygen atoms in total. The van der Waals surface area contributed by atoms with Crippen LogP contribution >= 0.6 is 11.3 Å². The minimum atomic E-state index is -3.69. The van der Waals surface area contributed by atoms with Crippen LogP contribution in [0.3, 0.4) is 0 Å². The number of fused-ring (bicyclic) bond motifs is 1. The van der Waals surface area contributed by atoms with E-state index in [1.54, 1.807) is 0 Å². The fraction of sp³-hybridized carbons (Fsp3) is 0.286. The molecule has 170 valence electrons. The van der Waals surface area contributed by atoms with E-state index in [0.29, 0.717) is 6.42 Å². The number of anilines is 1. The van der Waals surface area contributed by atoms with Gasteiger partial charge in [-0.3, -0.25) is 9.59 Å². The van der Waals surface area contributed by atoms with Gasteiger partial charge in [-0.25, -0.2) is 17.7 Å². The Labute approximate surface area is 190 Å². The molecule has 3 rings (SSSR count). The summed E-state index contributed by atoms with van der Waals surface area (Å²) in [5.41, 5.74) is 1.04. The van der Waals surface area contributed by atoms with E-state index in [0.717, 1.165) is 19.5 Å². The number of rotatable bonds is 9. The second-order valence-electron chi connectivity index (χ2n) is 6.93. The number of nitrogens with one attached hydrogen (secondary N) is 1. The zero-order valence-electron chi connectivity index (χ0n) is 17.8. The molecule has 3 aromatic rings. The molecule has 2 aromatic carbocycles. The van der Waals surface area contributed by atoms with E-state index in [9.17, 15) is 18.0 Å². The molecule has 0 bridgehead atoms. The molecular weight excluding hydrogens is 454 g/mol. The van der Waals surface area contributed by atoms with Gasteiger partial charge in [0.1, 0.15) is 5.75 Å². The number of methoxy groups -OCH3 is 1. The van der Waals surface area contributed by atoms with Crippen LogP contribution < -0.4 is 10.1 Å². The van der Waals surface area contributed by atoms with Gasteiger partial charge in [0.2, 0.25) is 10.0 Å². The van der Waals surface area contributed by atoms with Gasteiger partial charge in [0, 0.05) is 20.5 Å². The molecule has 11 heteroatoms. The number of carbonyl (C=O) groups is 2. The number of carbonyl (C=O) groups excluding carboxylic acids is 2. The molecule has 0 aliphatic carbocycles. The van der Waals surface area contributed by atoms with Crippen molar-refractivity contribution in [1.29, 1.82) is 0 Å².